The summed E-state index contributed by atoms with van der Waals surface area (Å²) in [5.41, 5.74) is -1.08. The van der Waals surface area contributed by atoms with Crippen LogP contribution < -0.4 is 11.2 Å². The molecule has 0 aliphatic carbocycles. The minimum absolute atomic E-state index is 0.127. The topological polar surface area (TPSA) is 108 Å². The second-order valence-electron chi connectivity index (χ2n) is 3.99. The Balaban J connectivity index is 1.92. The lowest BCUT2D eigenvalue weighted by Crippen LogP contribution is -2.36. The normalized spacial score (nSPS) is 15.7. The van der Waals surface area contributed by atoms with E-state index in [0.29, 0.717) is 13.2 Å². The third-order valence-corrected chi connectivity index (χ3v) is 2.64. The van der Waals surface area contributed by atoms with E-state index in [4.69, 9.17) is 4.84 Å². The number of carbonyl (C=O) groups excluding carboxylic acids is 1. The van der Waals surface area contributed by atoms with Gasteiger partial charge in [0.15, 0.2) is 0 Å². The summed E-state index contributed by atoms with van der Waals surface area (Å²) in [4.78, 5) is 41.1. The van der Waals surface area contributed by atoms with Gasteiger partial charge in [0.25, 0.3) is 5.56 Å². The van der Waals surface area contributed by atoms with Crippen molar-refractivity contribution in [3.8, 4) is 0 Å². The lowest BCUT2D eigenvalue weighted by atomic mass is 10.2. The molecule has 0 unspecified atom stereocenters. The van der Waals surface area contributed by atoms with Gasteiger partial charge in [-0.3, -0.25) is 19.4 Å². The molecule has 1 aromatic rings. The first-order valence-corrected chi connectivity index (χ1v) is 5.78. The third kappa shape index (κ3) is 3.04. The van der Waals surface area contributed by atoms with Crippen LogP contribution in [0.3, 0.4) is 0 Å². The van der Waals surface area contributed by atoms with E-state index in [1.54, 1.807) is 0 Å². The Morgan fingerprint density at radius 2 is 2.22 bits per heavy atom. The highest BCUT2D eigenvalue weighted by molar-refractivity contribution is 5.75. The summed E-state index contributed by atoms with van der Waals surface area (Å²) in [5, 5.41) is 7.05. The molecular weight excluding hydrogens is 240 g/mol. The fourth-order valence-corrected chi connectivity index (χ4v) is 1.69. The van der Waals surface area contributed by atoms with Gasteiger partial charge in [0.2, 0.25) is 5.91 Å². The fourth-order valence-electron chi connectivity index (χ4n) is 1.69. The zero-order chi connectivity index (χ0) is 13.0. The van der Waals surface area contributed by atoms with Crippen molar-refractivity contribution in [2.75, 3.05) is 13.2 Å². The number of hydrogen-bond donors (Lipinski definition) is 2. The zero-order valence-electron chi connectivity index (χ0n) is 9.77. The third-order valence-electron chi connectivity index (χ3n) is 2.64. The number of aryl methyl sites for hydroxylation is 1. The van der Waals surface area contributed by atoms with Crippen LogP contribution in [-0.2, 0) is 16.1 Å². The minimum Gasteiger partial charge on any atom is -0.273 e. The number of rotatable bonds is 3. The Bertz CT molecular complexity index is 529. The van der Waals surface area contributed by atoms with Gasteiger partial charge in [-0.1, -0.05) is 0 Å². The SMILES string of the molecule is O=C(CCc1n[nH]c(=O)[nH]c1=O)N1CCCCO1. The molecule has 1 fully saturated rings. The number of hydroxylamine groups is 2. The van der Waals surface area contributed by atoms with Crippen LogP contribution in [0.25, 0.3) is 0 Å². The van der Waals surface area contributed by atoms with Crippen molar-refractivity contribution in [2.24, 2.45) is 0 Å². The van der Waals surface area contributed by atoms with Crippen LogP contribution in [0.4, 0.5) is 0 Å². The molecule has 2 rings (SSSR count). The molecule has 98 valence electrons. The Hall–Kier alpha value is -1.96. The number of nitrogens with one attached hydrogen (secondary N) is 2. The van der Waals surface area contributed by atoms with Crippen molar-refractivity contribution < 1.29 is 9.63 Å². The highest BCUT2D eigenvalue weighted by Gasteiger charge is 2.18. The van der Waals surface area contributed by atoms with Gasteiger partial charge in [-0.05, 0) is 12.8 Å². The van der Waals surface area contributed by atoms with Crippen LogP contribution in [0.1, 0.15) is 25.0 Å². The van der Waals surface area contributed by atoms with Crippen molar-refractivity contribution in [3.05, 3.63) is 26.5 Å². The first-order valence-electron chi connectivity index (χ1n) is 5.78. The summed E-state index contributed by atoms with van der Waals surface area (Å²) < 4.78 is 0. The summed E-state index contributed by atoms with van der Waals surface area (Å²) in [5.74, 6) is -0.179. The molecule has 0 radical (unpaired) electrons. The minimum atomic E-state index is -0.658. The average molecular weight is 254 g/mol. The van der Waals surface area contributed by atoms with Gasteiger partial charge < -0.3 is 0 Å². The van der Waals surface area contributed by atoms with Gasteiger partial charge in [0.1, 0.15) is 5.69 Å². The molecule has 1 aliphatic rings. The van der Waals surface area contributed by atoms with Crippen molar-refractivity contribution in [1.82, 2.24) is 20.2 Å². The molecule has 2 N–H and O–H groups in total. The molecule has 0 atom stereocenters. The van der Waals surface area contributed by atoms with Crippen LogP contribution in [0, 0.1) is 0 Å². The molecule has 8 nitrogen and oxygen atoms in total. The summed E-state index contributed by atoms with van der Waals surface area (Å²) >= 11 is 0. The van der Waals surface area contributed by atoms with Gasteiger partial charge in [0, 0.05) is 19.4 Å². The van der Waals surface area contributed by atoms with E-state index in [9.17, 15) is 14.4 Å². The first kappa shape index (κ1) is 12.5. The Kier molecular flexibility index (Phi) is 3.88. The van der Waals surface area contributed by atoms with Crippen LogP contribution in [0.15, 0.2) is 9.59 Å². The Labute approximate surface area is 102 Å². The van der Waals surface area contributed by atoms with Gasteiger partial charge >= 0.3 is 5.69 Å². The van der Waals surface area contributed by atoms with Crippen molar-refractivity contribution in [3.63, 3.8) is 0 Å². The molecule has 0 spiro atoms. The van der Waals surface area contributed by atoms with Crippen molar-refractivity contribution in [2.45, 2.75) is 25.7 Å². The maximum absolute atomic E-state index is 11.7. The quantitative estimate of drug-likeness (QED) is 0.715. The van der Waals surface area contributed by atoms with Crippen molar-refractivity contribution in [1.29, 1.82) is 0 Å². The second kappa shape index (κ2) is 5.58. The molecular formula is C10H14N4O4. The summed E-state index contributed by atoms with van der Waals surface area (Å²) in [6.07, 6.45) is 2.17. The van der Waals surface area contributed by atoms with Crippen LogP contribution in [0.5, 0.6) is 0 Å². The molecule has 1 aliphatic heterocycles. The lowest BCUT2D eigenvalue weighted by Gasteiger charge is -2.25. The van der Waals surface area contributed by atoms with E-state index in [0.717, 1.165) is 12.8 Å². The standard InChI is InChI=1S/C10H14N4O4/c15-8(14-5-1-2-6-18-14)4-3-7-9(16)11-10(17)13-12-7/h1-6H2,(H2,11,13,16,17). The number of aromatic nitrogens is 3. The Morgan fingerprint density at radius 1 is 1.39 bits per heavy atom. The molecule has 18 heavy (non-hydrogen) atoms. The maximum atomic E-state index is 11.7. The molecule has 2 heterocycles. The van der Waals surface area contributed by atoms with Gasteiger partial charge in [0.05, 0.1) is 6.61 Å². The highest BCUT2D eigenvalue weighted by Crippen LogP contribution is 2.08. The van der Waals surface area contributed by atoms with Gasteiger partial charge in [-0.25, -0.2) is 15.0 Å². The number of nitrogens with zero attached hydrogens (tertiary/aromatic N) is 2. The summed E-state index contributed by atoms with van der Waals surface area (Å²) in [7, 11) is 0. The van der Waals surface area contributed by atoms with E-state index in [1.807, 2.05) is 0 Å². The number of carbonyl (C=O) groups is 1. The number of amides is 1. The highest BCUT2D eigenvalue weighted by atomic mass is 16.7. The van der Waals surface area contributed by atoms with Crippen LogP contribution in [-0.4, -0.2) is 39.3 Å². The summed E-state index contributed by atoms with van der Waals surface area (Å²) in [6.45, 7) is 1.12. The van der Waals surface area contributed by atoms with E-state index >= 15 is 0 Å². The van der Waals surface area contributed by atoms with E-state index in [-0.39, 0.29) is 24.4 Å². The molecule has 1 saturated heterocycles. The Morgan fingerprint density at radius 3 is 2.89 bits per heavy atom. The molecule has 1 amide bonds. The number of H-pyrrole nitrogens is 2. The second-order valence-corrected chi connectivity index (χ2v) is 3.99. The first-order chi connectivity index (χ1) is 8.66. The average Bonchev–Trinajstić information content (AvgIpc) is 2.38. The maximum Gasteiger partial charge on any atom is 0.342 e. The molecule has 0 bridgehead atoms. The predicted octanol–water partition coefficient (Wildman–Crippen LogP) is -1.06. The number of hydrogen-bond acceptors (Lipinski definition) is 5. The lowest BCUT2D eigenvalue weighted by molar-refractivity contribution is -0.197. The van der Waals surface area contributed by atoms with Crippen LogP contribution in [0.2, 0.25) is 0 Å². The number of aromatic amines is 2. The predicted molar refractivity (Wildman–Crippen MR) is 60.7 cm³/mol. The molecule has 0 saturated carbocycles. The fraction of sp³-hybridized carbons (Fsp3) is 0.600. The molecule has 0 aromatic carbocycles. The van der Waals surface area contributed by atoms with Crippen molar-refractivity contribution >= 4 is 5.91 Å². The van der Waals surface area contributed by atoms with Gasteiger partial charge in [-0.2, -0.15) is 5.10 Å². The monoisotopic (exact) mass is 254 g/mol. The van der Waals surface area contributed by atoms with E-state index in [2.05, 4.69) is 15.2 Å². The summed E-state index contributed by atoms with van der Waals surface area (Å²) in [6, 6.07) is 0. The molecule has 1 aromatic heterocycles. The van der Waals surface area contributed by atoms with Crippen LogP contribution >= 0.6 is 0 Å². The zero-order valence-corrected chi connectivity index (χ0v) is 9.77. The molecule has 8 heteroatoms. The van der Waals surface area contributed by atoms with Gasteiger partial charge in [-0.15, -0.1) is 0 Å². The largest absolute Gasteiger partial charge is 0.342 e. The van der Waals surface area contributed by atoms with E-state index < -0.39 is 11.2 Å². The smallest absolute Gasteiger partial charge is 0.273 e. The van der Waals surface area contributed by atoms with E-state index in [1.165, 1.54) is 5.06 Å².